The summed E-state index contributed by atoms with van der Waals surface area (Å²) in [4.78, 5) is 9.97. The zero-order valence-electron chi connectivity index (χ0n) is 6.74. The molecule has 0 saturated heterocycles. The molecule has 1 rings (SSSR count). The lowest BCUT2D eigenvalue weighted by molar-refractivity contribution is -0.390. The predicted molar refractivity (Wildman–Crippen MR) is 52.0 cm³/mol. The molecule has 0 unspecified atom stereocenters. The molecule has 0 radical (unpaired) electrons. The van der Waals surface area contributed by atoms with Crippen molar-refractivity contribution in [3.63, 3.8) is 0 Å². The summed E-state index contributed by atoms with van der Waals surface area (Å²) in [6.07, 6.45) is 0. The summed E-state index contributed by atoms with van der Waals surface area (Å²) in [7, 11) is 0. The third kappa shape index (κ3) is 1.43. The van der Waals surface area contributed by atoms with E-state index in [1.165, 1.54) is 0 Å². The van der Waals surface area contributed by atoms with Gasteiger partial charge in [-0.15, -0.1) is 0 Å². The quantitative estimate of drug-likeness (QED) is 0.471. The van der Waals surface area contributed by atoms with Crippen LogP contribution in [0.15, 0.2) is 0 Å². The first-order valence-corrected chi connectivity index (χ1v) is 4.53. The van der Waals surface area contributed by atoms with Crippen molar-refractivity contribution >= 4 is 28.4 Å². The number of nitro groups is 1. The van der Waals surface area contributed by atoms with E-state index in [2.05, 4.69) is 5.10 Å². The predicted octanol–water partition coefficient (Wildman–Crippen LogP) is 1.72. The van der Waals surface area contributed by atoms with E-state index in [9.17, 15) is 10.1 Å². The van der Waals surface area contributed by atoms with Crippen LogP contribution in [0.2, 0.25) is 0 Å². The second kappa shape index (κ2) is 3.38. The molecule has 0 aliphatic rings. The van der Waals surface area contributed by atoms with Gasteiger partial charge >= 0.3 is 5.82 Å². The highest BCUT2D eigenvalue weighted by Crippen LogP contribution is 2.22. The van der Waals surface area contributed by atoms with E-state index in [0.717, 1.165) is 5.69 Å². The van der Waals surface area contributed by atoms with Crippen molar-refractivity contribution in [3.8, 4) is 0 Å². The molecule has 12 heavy (non-hydrogen) atoms. The fourth-order valence-electron chi connectivity index (χ4n) is 0.933. The summed E-state index contributed by atoms with van der Waals surface area (Å²) in [6.45, 7) is 4.39. The van der Waals surface area contributed by atoms with Crippen LogP contribution in [-0.2, 0) is 6.54 Å². The minimum absolute atomic E-state index is 0.0463. The highest BCUT2D eigenvalue weighted by atomic mass is 127. The van der Waals surface area contributed by atoms with Crippen molar-refractivity contribution in [1.82, 2.24) is 9.78 Å². The molecule has 0 bridgehead atoms. The fourth-order valence-corrected chi connectivity index (χ4v) is 1.52. The summed E-state index contributed by atoms with van der Waals surface area (Å²) in [6, 6.07) is 0. The average Bonchev–Trinajstić information content (AvgIpc) is 2.30. The molecule has 66 valence electrons. The normalized spacial score (nSPS) is 10.2. The van der Waals surface area contributed by atoms with Crippen LogP contribution >= 0.6 is 22.6 Å². The molecule has 0 fully saturated rings. The van der Waals surface area contributed by atoms with Gasteiger partial charge in [0.05, 0.1) is 17.3 Å². The SMILES string of the molecule is CCn1nc([N+](=O)[O-])c(I)c1C. The number of aryl methyl sites for hydroxylation is 1. The molecule has 0 aliphatic heterocycles. The van der Waals surface area contributed by atoms with Crippen LogP contribution in [0.4, 0.5) is 5.82 Å². The van der Waals surface area contributed by atoms with Crippen LogP contribution in [0.25, 0.3) is 0 Å². The zero-order chi connectivity index (χ0) is 9.30. The van der Waals surface area contributed by atoms with E-state index >= 15 is 0 Å². The molecule has 5 nitrogen and oxygen atoms in total. The van der Waals surface area contributed by atoms with Gasteiger partial charge in [-0.25, -0.2) is 0 Å². The number of hydrogen-bond donors (Lipinski definition) is 0. The lowest BCUT2D eigenvalue weighted by atomic mass is 10.4. The maximum atomic E-state index is 10.4. The van der Waals surface area contributed by atoms with Crippen molar-refractivity contribution in [2.24, 2.45) is 0 Å². The second-order valence-corrected chi connectivity index (χ2v) is 3.37. The molecular weight excluding hydrogens is 273 g/mol. The van der Waals surface area contributed by atoms with Crippen molar-refractivity contribution in [2.45, 2.75) is 20.4 Å². The Morgan fingerprint density at radius 3 is 2.58 bits per heavy atom. The molecule has 1 aromatic rings. The number of hydrogen-bond acceptors (Lipinski definition) is 3. The van der Waals surface area contributed by atoms with Crippen molar-refractivity contribution in [2.75, 3.05) is 0 Å². The van der Waals surface area contributed by atoms with Gasteiger partial charge in [0.15, 0.2) is 0 Å². The van der Waals surface area contributed by atoms with Gasteiger partial charge in [0, 0.05) is 0 Å². The monoisotopic (exact) mass is 281 g/mol. The van der Waals surface area contributed by atoms with E-state index in [1.54, 1.807) is 4.68 Å². The van der Waals surface area contributed by atoms with Crippen LogP contribution in [0.5, 0.6) is 0 Å². The third-order valence-electron chi connectivity index (χ3n) is 1.59. The van der Waals surface area contributed by atoms with E-state index in [0.29, 0.717) is 10.1 Å². The first kappa shape index (κ1) is 9.43. The molecule has 0 N–H and O–H groups in total. The smallest absolute Gasteiger partial charge is 0.358 e. The van der Waals surface area contributed by atoms with Crippen LogP contribution in [-0.4, -0.2) is 14.7 Å². The Bertz CT molecular complexity index is 321. The van der Waals surface area contributed by atoms with Gasteiger partial charge in [0.1, 0.15) is 3.57 Å². The first-order chi connectivity index (χ1) is 5.57. The lowest BCUT2D eigenvalue weighted by Gasteiger charge is -1.90. The van der Waals surface area contributed by atoms with Gasteiger partial charge in [-0.1, -0.05) is 0 Å². The second-order valence-electron chi connectivity index (χ2n) is 2.30. The summed E-state index contributed by atoms with van der Waals surface area (Å²) in [5.41, 5.74) is 0.852. The van der Waals surface area contributed by atoms with E-state index in [4.69, 9.17) is 0 Å². The lowest BCUT2D eigenvalue weighted by Crippen LogP contribution is -1.99. The highest BCUT2D eigenvalue weighted by molar-refractivity contribution is 14.1. The standard InChI is InChI=1S/C6H8IN3O2/c1-3-9-4(2)5(7)6(8-9)10(11)12/h3H2,1-2H3. The maximum Gasteiger partial charge on any atom is 0.403 e. The topological polar surface area (TPSA) is 61.0 Å². The molecule has 6 heteroatoms. The Labute approximate surface area is 83.0 Å². The largest absolute Gasteiger partial charge is 0.403 e. The van der Waals surface area contributed by atoms with Gasteiger partial charge in [-0.2, -0.15) is 4.68 Å². The summed E-state index contributed by atoms with van der Waals surface area (Å²) < 4.78 is 2.25. The maximum absolute atomic E-state index is 10.4. The van der Waals surface area contributed by atoms with Crippen molar-refractivity contribution in [3.05, 3.63) is 19.4 Å². The number of nitrogens with zero attached hydrogens (tertiary/aromatic N) is 3. The molecule has 0 amide bonds. The minimum Gasteiger partial charge on any atom is -0.358 e. The van der Waals surface area contributed by atoms with Gasteiger partial charge in [-0.05, 0) is 41.4 Å². The van der Waals surface area contributed by atoms with Gasteiger partial charge < -0.3 is 10.1 Å². The average molecular weight is 281 g/mol. The molecule has 1 aromatic heterocycles. The summed E-state index contributed by atoms with van der Waals surface area (Å²) >= 11 is 1.94. The van der Waals surface area contributed by atoms with Crippen molar-refractivity contribution in [1.29, 1.82) is 0 Å². The van der Waals surface area contributed by atoms with Gasteiger partial charge in [0.25, 0.3) is 0 Å². The Morgan fingerprint density at radius 2 is 2.33 bits per heavy atom. The zero-order valence-corrected chi connectivity index (χ0v) is 8.90. The number of aromatic nitrogens is 2. The Kier molecular flexibility index (Phi) is 2.65. The van der Waals surface area contributed by atoms with Crippen LogP contribution < -0.4 is 0 Å². The molecule has 0 aliphatic carbocycles. The number of halogens is 1. The van der Waals surface area contributed by atoms with Gasteiger partial charge in [0.2, 0.25) is 0 Å². The molecule has 1 heterocycles. The highest BCUT2D eigenvalue weighted by Gasteiger charge is 2.21. The summed E-state index contributed by atoms with van der Waals surface area (Å²) in [5, 5.41) is 14.3. The van der Waals surface area contributed by atoms with Crippen molar-refractivity contribution < 1.29 is 4.92 Å². The Balaban J connectivity index is 3.25. The van der Waals surface area contributed by atoms with Gasteiger partial charge in [-0.3, -0.25) is 0 Å². The third-order valence-corrected chi connectivity index (χ3v) is 2.85. The van der Waals surface area contributed by atoms with Crippen LogP contribution in [0.1, 0.15) is 12.6 Å². The van der Waals surface area contributed by atoms with E-state index < -0.39 is 4.92 Å². The molecule has 0 spiro atoms. The molecule has 0 atom stereocenters. The van der Waals surface area contributed by atoms with E-state index in [1.807, 2.05) is 36.4 Å². The molecular formula is C6H8IN3O2. The minimum atomic E-state index is -0.457. The summed E-state index contributed by atoms with van der Waals surface area (Å²) in [5.74, 6) is -0.0463. The Hall–Kier alpha value is -0.660. The van der Waals surface area contributed by atoms with E-state index in [-0.39, 0.29) is 5.82 Å². The molecule has 0 aromatic carbocycles. The number of rotatable bonds is 2. The Morgan fingerprint density at radius 1 is 1.75 bits per heavy atom. The molecule has 0 saturated carbocycles. The fraction of sp³-hybridized carbons (Fsp3) is 0.500. The van der Waals surface area contributed by atoms with Crippen LogP contribution in [0, 0.1) is 20.6 Å². The first-order valence-electron chi connectivity index (χ1n) is 3.45. The van der Waals surface area contributed by atoms with Crippen LogP contribution in [0.3, 0.4) is 0 Å².